The van der Waals surface area contributed by atoms with Crippen LogP contribution in [0.25, 0.3) is 10.8 Å². The van der Waals surface area contributed by atoms with Gasteiger partial charge in [-0.25, -0.2) is 0 Å². The lowest BCUT2D eigenvalue weighted by Crippen LogP contribution is -2.16. The number of ether oxygens (including phenoxy) is 2. The average Bonchev–Trinajstić information content (AvgIpc) is 3.20. The standard InChI is InChI=1S/C22H22F3N3O2/c1-13-18(4-3-5-20(13)22(23,24)25)14(2)27-21-19-10-16(30-17-8-9-29-12-17)7-6-15(19)11-26-28-21/h3-7,10-11,14,17H,8-9,12H2,1-2H3,(H,27,28)/t14?,17-/m0/s1. The molecule has 5 nitrogen and oxygen atoms in total. The highest BCUT2D eigenvalue weighted by Crippen LogP contribution is 2.35. The van der Waals surface area contributed by atoms with Crippen LogP contribution in [0.4, 0.5) is 19.0 Å². The zero-order valence-electron chi connectivity index (χ0n) is 16.7. The van der Waals surface area contributed by atoms with E-state index in [1.165, 1.54) is 13.0 Å². The van der Waals surface area contributed by atoms with Gasteiger partial charge in [0.2, 0.25) is 0 Å². The van der Waals surface area contributed by atoms with Gasteiger partial charge in [-0.3, -0.25) is 0 Å². The zero-order valence-corrected chi connectivity index (χ0v) is 16.7. The smallest absolute Gasteiger partial charge is 0.416 e. The first kappa shape index (κ1) is 20.4. The lowest BCUT2D eigenvalue weighted by atomic mass is 9.97. The summed E-state index contributed by atoms with van der Waals surface area (Å²) < 4.78 is 51.1. The van der Waals surface area contributed by atoms with E-state index >= 15 is 0 Å². The Morgan fingerprint density at radius 1 is 1.23 bits per heavy atom. The van der Waals surface area contributed by atoms with Crippen molar-refractivity contribution in [1.82, 2.24) is 10.2 Å². The molecule has 0 radical (unpaired) electrons. The Labute approximate surface area is 172 Å². The second kappa shape index (κ2) is 8.10. The zero-order chi connectivity index (χ0) is 21.3. The van der Waals surface area contributed by atoms with E-state index in [1.807, 2.05) is 18.2 Å². The summed E-state index contributed by atoms with van der Waals surface area (Å²) in [5, 5.41) is 13.1. The molecule has 0 bridgehead atoms. The first-order valence-corrected chi connectivity index (χ1v) is 9.76. The van der Waals surface area contributed by atoms with Crippen molar-refractivity contribution >= 4 is 16.6 Å². The Bertz CT molecular complexity index is 1050. The highest BCUT2D eigenvalue weighted by molar-refractivity contribution is 5.92. The molecule has 4 rings (SSSR count). The molecule has 0 aliphatic carbocycles. The van der Waals surface area contributed by atoms with Crippen molar-refractivity contribution in [3.05, 3.63) is 59.3 Å². The molecule has 158 valence electrons. The van der Waals surface area contributed by atoms with Gasteiger partial charge in [0.05, 0.1) is 31.0 Å². The number of rotatable bonds is 5. The maximum atomic E-state index is 13.3. The molecule has 2 atom stereocenters. The summed E-state index contributed by atoms with van der Waals surface area (Å²) in [6.07, 6.45) is -1.90. The lowest BCUT2D eigenvalue weighted by molar-refractivity contribution is -0.138. The molecule has 30 heavy (non-hydrogen) atoms. The van der Waals surface area contributed by atoms with E-state index in [4.69, 9.17) is 9.47 Å². The van der Waals surface area contributed by atoms with Crippen molar-refractivity contribution in [2.24, 2.45) is 0 Å². The first-order chi connectivity index (χ1) is 14.3. The van der Waals surface area contributed by atoms with Gasteiger partial charge in [0.25, 0.3) is 0 Å². The van der Waals surface area contributed by atoms with Crippen LogP contribution < -0.4 is 10.1 Å². The molecule has 1 aromatic heterocycles. The predicted molar refractivity (Wildman–Crippen MR) is 108 cm³/mol. The van der Waals surface area contributed by atoms with Crippen LogP contribution in [0.5, 0.6) is 5.75 Å². The molecule has 0 amide bonds. The van der Waals surface area contributed by atoms with Crippen LogP contribution in [-0.4, -0.2) is 29.5 Å². The van der Waals surface area contributed by atoms with Crippen molar-refractivity contribution in [3.8, 4) is 5.75 Å². The molecule has 2 heterocycles. The number of fused-ring (bicyclic) bond motifs is 1. The second-order valence-electron chi connectivity index (χ2n) is 7.43. The minimum absolute atomic E-state index is 0.0142. The normalized spacial score (nSPS) is 17.8. The Kier molecular flexibility index (Phi) is 5.51. The minimum atomic E-state index is -4.39. The SMILES string of the molecule is Cc1c(C(C)Nc2nncc3ccc(O[C@H]4CCOC4)cc23)cccc1C(F)(F)F. The maximum Gasteiger partial charge on any atom is 0.416 e. The van der Waals surface area contributed by atoms with Crippen molar-refractivity contribution in [2.75, 3.05) is 18.5 Å². The number of benzene rings is 2. The van der Waals surface area contributed by atoms with Gasteiger partial charge in [0, 0.05) is 17.2 Å². The molecule has 0 spiro atoms. The van der Waals surface area contributed by atoms with Gasteiger partial charge in [0.1, 0.15) is 11.9 Å². The highest BCUT2D eigenvalue weighted by Gasteiger charge is 2.33. The molecule has 1 saturated heterocycles. The molecule has 1 fully saturated rings. The van der Waals surface area contributed by atoms with Crippen LogP contribution in [0.3, 0.4) is 0 Å². The fourth-order valence-corrected chi connectivity index (χ4v) is 3.75. The van der Waals surface area contributed by atoms with Gasteiger partial charge in [0.15, 0.2) is 5.82 Å². The monoisotopic (exact) mass is 417 g/mol. The summed E-state index contributed by atoms with van der Waals surface area (Å²) in [6.45, 7) is 4.54. The number of alkyl halides is 3. The third-order valence-electron chi connectivity index (χ3n) is 5.33. The van der Waals surface area contributed by atoms with Crippen LogP contribution in [0.1, 0.15) is 36.1 Å². The van der Waals surface area contributed by atoms with Crippen molar-refractivity contribution in [3.63, 3.8) is 0 Å². The first-order valence-electron chi connectivity index (χ1n) is 9.76. The number of anilines is 1. The molecule has 1 unspecified atom stereocenters. The van der Waals surface area contributed by atoms with E-state index in [9.17, 15) is 13.2 Å². The van der Waals surface area contributed by atoms with Crippen LogP contribution in [0.15, 0.2) is 42.6 Å². The molecule has 1 aliphatic rings. The largest absolute Gasteiger partial charge is 0.488 e. The summed E-state index contributed by atoms with van der Waals surface area (Å²) in [4.78, 5) is 0. The molecule has 8 heteroatoms. The minimum Gasteiger partial charge on any atom is -0.488 e. The molecule has 2 aromatic carbocycles. The van der Waals surface area contributed by atoms with Crippen LogP contribution in [0, 0.1) is 6.92 Å². The van der Waals surface area contributed by atoms with Crippen molar-refractivity contribution < 1.29 is 22.6 Å². The van der Waals surface area contributed by atoms with Crippen LogP contribution in [0.2, 0.25) is 0 Å². The second-order valence-corrected chi connectivity index (χ2v) is 7.43. The van der Waals surface area contributed by atoms with Crippen LogP contribution >= 0.6 is 0 Å². The maximum absolute atomic E-state index is 13.3. The number of hydrogen-bond donors (Lipinski definition) is 1. The van der Waals surface area contributed by atoms with Gasteiger partial charge >= 0.3 is 6.18 Å². The predicted octanol–water partition coefficient (Wildman–Crippen LogP) is 5.30. The Hall–Kier alpha value is -2.87. The number of nitrogens with one attached hydrogen (secondary N) is 1. The van der Waals surface area contributed by atoms with Gasteiger partial charge in [-0.2, -0.15) is 18.3 Å². The highest BCUT2D eigenvalue weighted by atomic mass is 19.4. The summed E-state index contributed by atoms with van der Waals surface area (Å²) in [7, 11) is 0. The van der Waals surface area contributed by atoms with Gasteiger partial charge in [-0.15, -0.1) is 5.10 Å². The Morgan fingerprint density at radius 3 is 2.80 bits per heavy atom. The molecule has 1 N–H and O–H groups in total. The lowest BCUT2D eigenvalue weighted by Gasteiger charge is -2.21. The quantitative estimate of drug-likeness (QED) is 0.611. The van der Waals surface area contributed by atoms with Gasteiger partial charge in [-0.1, -0.05) is 12.1 Å². The molecular formula is C22H22F3N3O2. The third kappa shape index (κ3) is 4.18. The summed E-state index contributed by atoms with van der Waals surface area (Å²) in [5.41, 5.74) is 0.120. The van der Waals surface area contributed by atoms with E-state index in [-0.39, 0.29) is 11.7 Å². The summed E-state index contributed by atoms with van der Waals surface area (Å²) in [6, 6.07) is 9.44. The van der Waals surface area contributed by atoms with Crippen molar-refractivity contribution in [2.45, 2.75) is 38.6 Å². The van der Waals surface area contributed by atoms with Gasteiger partial charge < -0.3 is 14.8 Å². The molecule has 3 aromatic rings. The van der Waals surface area contributed by atoms with E-state index in [0.717, 1.165) is 23.3 Å². The molecule has 0 saturated carbocycles. The van der Waals surface area contributed by atoms with E-state index in [0.29, 0.717) is 30.3 Å². The van der Waals surface area contributed by atoms with Crippen molar-refractivity contribution in [1.29, 1.82) is 0 Å². The Balaban J connectivity index is 1.63. The number of aromatic nitrogens is 2. The summed E-state index contributed by atoms with van der Waals surface area (Å²) in [5.74, 6) is 1.18. The fraction of sp³-hybridized carbons (Fsp3) is 0.364. The van der Waals surface area contributed by atoms with E-state index in [1.54, 1.807) is 19.2 Å². The van der Waals surface area contributed by atoms with Crippen LogP contribution in [-0.2, 0) is 10.9 Å². The fourth-order valence-electron chi connectivity index (χ4n) is 3.75. The summed E-state index contributed by atoms with van der Waals surface area (Å²) >= 11 is 0. The molecular weight excluding hydrogens is 395 g/mol. The number of nitrogens with zero attached hydrogens (tertiary/aromatic N) is 2. The van der Waals surface area contributed by atoms with E-state index < -0.39 is 17.8 Å². The topological polar surface area (TPSA) is 56.3 Å². The van der Waals surface area contributed by atoms with E-state index in [2.05, 4.69) is 15.5 Å². The number of hydrogen-bond acceptors (Lipinski definition) is 5. The average molecular weight is 417 g/mol. The van der Waals surface area contributed by atoms with Gasteiger partial charge in [-0.05, 0) is 49.2 Å². The third-order valence-corrected chi connectivity index (χ3v) is 5.33. The number of halogens is 3. The molecule has 1 aliphatic heterocycles. The Morgan fingerprint density at radius 2 is 2.07 bits per heavy atom.